The third-order valence-corrected chi connectivity index (χ3v) is 6.10. The summed E-state index contributed by atoms with van der Waals surface area (Å²) in [6.45, 7) is -2.88. The Morgan fingerprint density at radius 1 is 1.20 bits per heavy atom. The van der Waals surface area contributed by atoms with Gasteiger partial charge in [-0.15, -0.1) is 0 Å². The quantitative estimate of drug-likeness (QED) is 0.439. The molecule has 1 aliphatic heterocycles. The van der Waals surface area contributed by atoms with Crippen LogP contribution in [0.2, 0.25) is 0 Å². The molecule has 1 amide bonds. The van der Waals surface area contributed by atoms with Gasteiger partial charge in [0.25, 0.3) is 11.5 Å². The Morgan fingerprint density at radius 3 is 2.60 bits per heavy atom. The van der Waals surface area contributed by atoms with Crippen LogP contribution in [0.3, 0.4) is 0 Å². The Balaban J connectivity index is 1.58. The fourth-order valence-corrected chi connectivity index (χ4v) is 4.44. The number of carbonyl (C=O) groups is 1. The molecule has 8 nitrogen and oxygen atoms in total. The molecule has 0 fully saturated rings. The van der Waals surface area contributed by atoms with Crippen molar-refractivity contribution < 1.29 is 31.8 Å². The topological polar surface area (TPSA) is 89.4 Å². The number of ether oxygens (including phenoxy) is 2. The number of halogens is 4. The molecule has 4 aromatic rings. The maximum Gasteiger partial charge on any atom is 0.336 e. The molecule has 3 heterocycles. The molecule has 0 bridgehead atoms. The average molecular weight is 490 g/mol. The lowest BCUT2D eigenvalue weighted by Gasteiger charge is -2.34. The van der Waals surface area contributed by atoms with Gasteiger partial charge in [-0.05, 0) is 35.7 Å². The predicted molar refractivity (Wildman–Crippen MR) is 117 cm³/mol. The predicted octanol–water partition coefficient (Wildman–Crippen LogP) is 3.90. The Kier molecular flexibility index (Phi) is 5.47. The molecule has 182 valence electrons. The zero-order valence-electron chi connectivity index (χ0n) is 18.4. The van der Waals surface area contributed by atoms with Crippen molar-refractivity contribution in [1.82, 2.24) is 19.7 Å². The van der Waals surface area contributed by atoms with Crippen molar-refractivity contribution in [2.45, 2.75) is 19.2 Å². The number of amides is 1. The Hall–Kier alpha value is -3.93. The highest BCUT2D eigenvalue weighted by atomic mass is 19.3. The van der Waals surface area contributed by atoms with Crippen molar-refractivity contribution in [3.63, 3.8) is 0 Å². The van der Waals surface area contributed by atoms with Crippen LogP contribution in [0.15, 0.2) is 35.1 Å². The minimum atomic E-state index is -2.93. The summed E-state index contributed by atoms with van der Waals surface area (Å²) in [5.74, 6) is -2.93. The van der Waals surface area contributed by atoms with Crippen LogP contribution in [-0.4, -0.2) is 46.3 Å². The number of fused-ring (bicyclic) bond motifs is 4. The van der Waals surface area contributed by atoms with Gasteiger partial charge in [-0.1, -0.05) is 0 Å². The lowest BCUT2D eigenvalue weighted by molar-refractivity contribution is 0.0336. The van der Waals surface area contributed by atoms with E-state index in [0.717, 1.165) is 12.1 Å². The molecule has 0 aliphatic carbocycles. The summed E-state index contributed by atoms with van der Waals surface area (Å²) in [5.41, 5.74) is 0.462. The summed E-state index contributed by atoms with van der Waals surface area (Å²) in [7, 11) is 2.73. The SMILES string of the molecule is COc1c2ccc(C(=O)N(C)[C@H]3COCc4[nH]c(=O)c5cc(F)c(F)cc5c43)cc2nn1C(F)F. The van der Waals surface area contributed by atoms with E-state index in [1.165, 1.54) is 37.3 Å². The number of likely N-dealkylation sites (N-methyl/N-ethyl adjacent to an activating group) is 1. The second kappa shape index (κ2) is 8.38. The number of hydrogen-bond acceptors (Lipinski definition) is 5. The first-order chi connectivity index (χ1) is 16.7. The number of aromatic nitrogens is 3. The average Bonchev–Trinajstić information content (AvgIpc) is 3.22. The van der Waals surface area contributed by atoms with E-state index in [1.54, 1.807) is 0 Å². The highest BCUT2D eigenvalue weighted by Crippen LogP contribution is 2.35. The molecule has 0 saturated heterocycles. The summed E-state index contributed by atoms with van der Waals surface area (Å²) >= 11 is 0. The number of benzene rings is 2. The van der Waals surface area contributed by atoms with Crippen LogP contribution >= 0.6 is 0 Å². The molecule has 0 saturated carbocycles. The normalized spacial score (nSPS) is 15.6. The van der Waals surface area contributed by atoms with Gasteiger partial charge in [0.15, 0.2) is 11.6 Å². The van der Waals surface area contributed by atoms with Gasteiger partial charge in [0.2, 0.25) is 5.88 Å². The lowest BCUT2D eigenvalue weighted by atomic mass is 9.95. The van der Waals surface area contributed by atoms with Crippen molar-refractivity contribution in [2.75, 3.05) is 20.8 Å². The molecule has 35 heavy (non-hydrogen) atoms. The smallest absolute Gasteiger partial charge is 0.336 e. The van der Waals surface area contributed by atoms with Gasteiger partial charge >= 0.3 is 6.55 Å². The molecule has 0 spiro atoms. The minimum Gasteiger partial charge on any atom is -0.481 e. The number of hydrogen-bond donors (Lipinski definition) is 1. The molecule has 2 aromatic carbocycles. The maximum atomic E-state index is 14.1. The van der Waals surface area contributed by atoms with Gasteiger partial charge in [0, 0.05) is 23.9 Å². The summed E-state index contributed by atoms with van der Waals surface area (Å²) in [4.78, 5) is 29.7. The first-order valence-electron chi connectivity index (χ1n) is 10.4. The number of rotatable bonds is 4. The van der Waals surface area contributed by atoms with Crippen molar-refractivity contribution in [3.8, 4) is 5.88 Å². The van der Waals surface area contributed by atoms with E-state index in [0.29, 0.717) is 21.3 Å². The van der Waals surface area contributed by atoms with Gasteiger partial charge < -0.3 is 19.4 Å². The minimum absolute atomic E-state index is 0.0227. The van der Waals surface area contributed by atoms with Crippen molar-refractivity contribution in [2.24, 2.45) is 0 Å². The monoisotopic (exact) mass is 490 g/mol. The van der Waals surface area contributed by atoms with Gasteiger partial charge in [-0.2, -0.15) is 18.6 Å². The Labute approximate surface area is 194 Å². The zero-order valence-corrected chi connectivity index (χ0v) is 18.4. The van der Waals surface area contributed by atoms with E-state index in [1.807, 2.05) is 0 Å². The summed E-state index contributed by atoms with van der Waals surface area (Å²) < 4.78 is 65.5. The van der Waals surface area contributed by atoms with E-state index >= 15 is 0 Å². The number of H-pyrrole nitrogens is 1. The first-order valence-corrected chi connectivity index (χ1v) is 10.4. The number of nitrogens with zero attached hydrogens (tertiary/aromatic N) is 3. The Morgan fingerprint density at radius 2 is 1.91 bits per heavy atom. The molecule has 1 aliphatic rings. The second-order valence-electron chi connectivity index (χ2n) is 8.07. The highest BCUT2D eigenvalue weighted by molar-refractivity contribution is 5.99. The van der Waals surface area contributed by atoms with Crippen LogP contribution in [0.5, 0.6) is 5.88 Å². The molecule has 0 radical (unpaired) electrons. The Bertz CT molecular complexity index is 1550. The van der Waals surface area contributed by atoms with Crippen molar-refractivity contribution in [3.05, 3.63) is 69.1 Å². The van der Waals surface area contributed by atoms with Gasteiger partial charge in [-0.25, -0.2) is 8.78 Å². The second-order valence-corrected chi connectivity index (χ2v) is 8.07. The number of alkyl halides is 2. The highest BCUT2D eigenvalue weighted by Gasteiger charge is 2.32. The fourth-order valence-electron chi connectivity index (χ4n) is 4.44. The summed E-state index contributed by atoms with van der Waals surface area (Å²) in [5, 5.41) is 4.26. The molecule has 0 unspecified atom stereocenters. The van der Waals surface area contributed by atoms with E-state index in [4.69, 9.17) is 9.47 Å². The molecule has 5 rings (SSSR count). The molecular formula is C23H18F4N4O4. The van der Waals surface area contributed by atoms with Crippen molar-refractivity contribution >= 4 is 27.6 Å². The van der Waals surface area contributed by atoms with E-state index in [9.17, 15) is 27.2 Å². The third kappa shape index (κ3) is 3.60. The first kappa shape index (κ1) is 22.8. The van der Waals surface area contributed by atoms with Crippen LogP contribution in [0.1, 0.15) is 34.2 Å². The molecule has 1 atom stereocenters. The van der Waals surface area contributed by atoms with Gasteiger partial charge in [0.1, 0.15) is 0 Å². The largest absolute Gasteiger partial charge is 0.481 e. The summed E-state index contributed by atoms with van der Waals surface area (Å²) in [6, 6.07) is 5.27. The molecule has 12 heteroatoms. The van der Waals surface area contributed by atoms with E-state index in [2.05, 4.69) is 10.1 Å². The molecule has 2 aromatic heterocycles. The van der Waals surface area contributed by atoms with Crippen LogP contribution in [-0.2, 0) is 11.3 Å². The lowest BCUT2D eigenvalue weighted by Crippen LogP contribution is -2.37. The number of aromatic amines is 1. The number of pyridine rings is 1. The number of methoxy groups -OCH3 is 1. The fraction of sp³-hybridized carbons (Fsp3) is 0.261. The van der Waals surface area contributed by atoms with Gasteiger partial charge in [-0.3, -0.25) is 9.59 Å². The van der Waals surface area contributed by atoms with Crippen molar-refractivity contribution in [1.29, 1.82) is 0 Å². The standard InChI is InChI=1S/C23H18F4N4O4/c1-30(21(33)10-3-4-11-16(5-10)29-31(23(26)27)22(11)34-2)18-9-35-8-17-19(18)12-6-14(24)15(25)7-13(12)20(32)28-17/h3-7,18,23H,8-9H2,1-2H3,(H,28,32)/t18-/m0/s1. The van der Waals surface area contributed by atoms with Crippen LogP contribution in [0.4, 0.5) is 17.6 Å². The van der Waals surface area contributed by atoms with E-state index < -0.39 is 35.7 Å². The van der Waals surface area contributed by atoms with Gasteiger partial charge in [0.05, 0.1) is 42.7 Å². The van der Waals surface area contributed by atoms with Crippen LogP contribution < -0.4 is 10.3 Å². The van der Waals surface area contributed by atoms with E-state index in [-0.39, 0.29) is 40.9 Å². The maximum absolute atomic E-state index is 14.1. The molecule has 1 N–H and O–H groups in total. The van der Waals surface area contributed by atoms with Crippen LogP contribution in [0, 0.1) is 11.6 Å². The molecular weight excluding hydrogens is 472 g/mol. The van der Waals surface area contributed by atoms with Crippen LogP contribution in [0.25, 0.3) is 21.7 Å². The third-order valence-electron chi connectivity index (χ3n) is 6.10. The summed E-state index contributed by atoms with van der Waals surface area (Å²) in [6.07, 6.45) is 0. The number of nitrogens with one attached hydrogen (secondary N) is 1. The zero-order chi connectivity index (χ0) is 25.0. The number of carbonyl (C=O) groups excluding carboxylic acids is 1.